The van der Waals surface area contributed by atoms with Crippen LogP contribution in [0.15, 0.2) is 24.3 Å². The maximum absolute atomic E-state index is 13.2. The van der Waals surface area contributed by atoms with Crippen LogP contribution in [0.2, 0.25) is 0 Å². The summed E-state index contributed by atoms with van der Waals surface area (Å²) in [6, 6.07) is 4.94. The number of carbonyl (C=O) groups is 2. The van der Waals surface area contributed by atoms with E-state index in [1.54, 1.807) is 6.07 Å². The Morgan fingerprint density at radius 3 is 2.42 bits per heavy atom. The number of halogens is 3. The van der Waals surface area contributed by atoms with Crippen LogP contribution in [0.25, 0.3) is 0 Å². The third kappa shape index (κ3) is 2.87. The number of carbonyl (C=O) groups excluding carboxylic acids is 1. The summed E-state index contributed by atoms with van der Waals surface area (Å²) in [5.41, 5.74) is -1.89. The second-order valence-electron chi connectivity index (χ2n) is 6.59. The molecule has 0 radical (unpaired) electrons. The molecular formula is C17H18F3NO3. The van der Waals surface area contributed by atoms with Crippen molar-refractivity contribution in [2.75, 3.05) is 0 Å². The quantitative estimate of drug-likeness (QED) is 0.826. The number of benzene rings is 1. The van der Waals surface area contributed by atoms with Crippen LogP contribution in [-0.4, -0.2) is 23.0 Å². The van der Waals surface area contributed by atoms with E-state index < -0.39 is 41.0 Å². The summed E-state index contributed by atoms with van der Waals surface area (Å²) >= 11 is 0. The first-order chi connectivity index (χ1) is 11.3. The number of aliphatic carboxylic acids is 1. The molecule has 1 aromatic carbocycles. The minimum Gasteiger partial charge on any atom is -0.480 e. The van der Waals surface area contributed by atoms with Crippen molar-refractivity contribution >= 4 is 11.9 Å². The van der Waals surface area contributed by atoms with Gasteiger partial charge in [0.25, 0.3) is 0 Å². The van der Waals surface area contributed by atoms with E-state index in [0.29, 0.717) is 19.3 Å². The minimum atomic E-state index is -4.45. The molecule has 0 saturated heterocycles. The van der Waals surface area contributed by atoms with E-state index >= 15 is 0 Å². The number of alkyl halides is 3. The molecule has 2 N–H and O–H groups in total. The smallest absolute Gasteiger partial charge is 0.416 e. The minimum absolute atomic E-state index is 0.174. The van der Waals surface area contributed by atoms with Crippen LogP contribution in [0, 0.1) is 5.41 Å². The summed E-state index contributed by atoms with van der Waals surface area (Å²) in [6.45, 7) is 0. The summed E-state index contributed by atoms with van der Waals surface area (Å²) in [6.07, 6.45) is -2.10. The van der Waals surface area contributed by atoms with Gasteiger partial charge in [0.15, 0.2) is 0 Å². The summed E-state index contributed by atoms with van der Waals surface area (Å²) in [5, 5.41) is 11.9. The summed E-state index contributed by atoms with van der Waals surface area (Å²) in [7, 11) is 0. The normalized spacial score (nSPS) is 25.3. The maximum Gasteiger partial charge on any atom is 0.416 e. The Morgan fingerprint density at radius 1 is 1.17 bits per heavy atom. The fourth-order valence-corrected chi connectivity index (χ4v) is 3.55. The first-order valence-electron chi connectivity index (χ1n) is 7.96. The van der Waals surface area contributed by atoms with Gasteiger partial charge in [-0.3, -0.25) is 9.59 Å². The van der Waals surface area contributed by atoms with Crippen molar-refractivity contribution < 1.29 is 27.9 Å². The molecule has 4 nitrogen and oxygen atoms in total. The van der Waals surface area contributed by atoms with Gasteiger partial charge >= 0.3 is 12.1 Å². The zero-order valence-electron chi connectivity index (χ0n) is 12.9. The van der Waals surface area contributed by atoms with Crippen LogP contribution in [0.5, 0.6) is 0 Å². The number of hydrogen-bond donors (Lipinski definition) is 2. The molecule has 1 aromatic rings. The van der Waals surface area contributed by atoms with E-state index in [9.17, 15) is 27.9 Å². The number of hydrogen-bond acceptors (Lipinski definition) is 2. The number of carboxylic acid groups (broad SMARTS) is 1. The van der Waals surface area contributed by atoms with Crippen LogP contribution in [0.4, 0.5) is 13.2 Å². The van der Waals surface area contributed by atoms with E-state index in [2.05, 4.69) is 5.32 Å². The average molecular weight is 341 g/mol. The summed E-state index contributed by atoms with van der Waals surface area (Å²) in [5.74, 6) is -2.18. The lowest BCUT2D eigenvalue weighted by molar-refractivity contribution is -0.149. The Bertz CT molecular complexity index is 667. The van der Waals surface area contributed by atoms with Gasteiger partial charge < -0.3 is 10.4 Å². The highest BCUT2D eigenvalue weighted by molar-refractivity contribution is 6.05. The molecule has 130 valence electrons. The van der Waals surface area contributed by atoms with Crippen molar-refractivity contribution in [3.8, 4) is 0 Å². The number of amides is 1. The first kappa shape index (κ1) is 16.8. The SMILES string of the molecule is O=C(O)C1(C(=O)NC2CCCC2c2ccccc2C(F)(F)F)CC1. The van der Waals surface area contributed by atoms with Crippen LogP contribution in [0.1, 0.15) is 49.1 Å². The van der Waals surface area contributed by atoms with Gasteiger partial charge in [0.05, 0.1) is 5.56 Å². The van der Waals surface area contributed by atoms with Gasteiger partial charge in [0.1, 0.15) is 5.41 Å². The maximum atomic E-state index is 13.2. The molecule has 0 spiro atoms. The fraction of sp³-hybridized carbons (Fsp3) is 0.529. The van der Waals surface area contributed by atoms with E-state index in [1.807, 2.05) is 0 Å². The van der Waals surface area contributed by atoms with Crippen molar-refractivity contribution in [2.24, 2.45) is 5.41 Å². The molecule has 2 unspecified atom stereocenters. The van der Waals surface area contributed by atoms with Gasteiger partial charge in [0.2, 0.25) is 5.91 Å². The van der Waals surface area contributed by atoms with Crippen molar-refractivity contribution in [1.29, 1.82) is 0 Å². The highest BCUT2D eigenvalue weighted by Crippen LogP contribution is 2.47. The molecule has 2 aliphatic carbocycles. The Labute approximate surface area is 137 Å². The fourth-order valence-electron chi connectivity index (χ4n) is 3.55. The predicted molar refractivity (Wildman–Crippen MR) is 79.3 cm³/mol. The highest BCUT2D eigenvalue weighted by Gasteiger charge is 2.57. The van der Waals surface area contributed by atoms with Crippen molar-refractivity contribution in [3.63, 3.8) is 0 Å². The molecular weight excluding hydrogens is 323 g/mol. The molecule has 2 fully saturated rings. The van der Waals surface area contributed by atoms with Crippen LogP contribution in [0.3, 0.4) is 0 Å². The average Bonchev–Trinajstić information content (AvgIpc) is 3.22. The zero-order chi connectivity index (χ0) is 17.5. The second kappa shape index (κ2) is 5.79. The lowest BCUT2D eigenvalue weighted by atomic mass is 9.89. The van der Waals surface area contributed by atoms with Gasteiger partial charge in [0, 0.05) is 12.0 Å². The lowest BCUT2D eigenvalue weighted by Crippen LogP contribution is -2.44. The molecule has 3 rings (SSSR count). The number of nitrogens with one attached hydrogen (secondary N) is 1. The number of carboxylic acids is 1. The summed E-state index contributed by atoms with van der Waals surface area (Å²) < 4.78 is 39.7. The van der Waals surface area contributed by atoms with Gasteiger partial charge in [-0.05, 0) is 37.3 Å². The molecule has 0 heterocycles. The van der Waals surface area contributed by atoms with Crippen LogP contribution < -0.4 is 5.32 Å². The van der Waals surface area contributed by atoms with E-state index in [-0.39, 0.29) is 18.4 Å². The Kier molecular flexibility index (Phi) is 4.05. The van der Waals surface area contributed by atoms with Crippen LogP contribution in [-0.2, 0) is 15.8 Å². The Hall–Kier alpha value is -2.05. The zero-order valence-corrected chi connectivity index (χ0v) is 12.9. The van der Waals surface area contributed by atoms with E-state index in [0.717, 1.165) is 6.07 Å². The van der Waals surface area contributed by atoms with Gasteiger partial charge in [-0.15, -0.1) is 0 Å². The molecule has 0 bridgehead atoms. The monoisotopic (exact) mass is 341 g/mol. The largest absolute Gasteiger partial charge is 0.480 e. The topological polar surface area (TPSA) is 66.4 Å². The second-order valence-corrected chi connectivity index (χ2v) is 6.59. The summed E-state index contributed by atoms with van der Waals surface area (Å²) in [4.78, 5) is 23.5. The molecule has 7 heteroatoms. The molecule has 1 amide bonds. The van der Waals surface area contributed by atoms with E-state index in [4.69, 9.17) is 0 Å². The Morgan fingerprint density at radius 2 is 1.83 bits per heavy atom. The van der Waals surface area contributed by atoms with Crippen molar-refractivity contribution in [1.82, 2.24) is 5.32 Å². The van der Waals surface area contributed by atoms with Crippen LogP contribution >= 0.6 is 0 Å². The molecule has 0 aromatic heterocycles. The van der Waals surface area contributed by atoms with Gasteiger partial charge in [-0.1, -0.05) is 24.6 Å². The van der Waals surface area contributed by atoms with E-state index in [1.165, 1.54) is 12.1 Å². The molecule has 2 saturated carbocycles. The third-order valence-electron chi connectivity index (χ3n) is 5.09. The lowest BCUT2D eigenvalue weighted by Gasteiger charge is -2.25. The molecule has 2 aliphatic rings. The predicted octanol–water partition coefficient (Wildman–Crippen LogP) is 3.32. The molecule has 2 atom stereocenters. The molecule has 24 heavy (non-hydrogen) atoms. The first-order valence-corrected chi connectivity index (χ1v) is 7.96. The number of rotatable bonds is 4. The standard InChI is InChI=1S/C17H18F3NO3/c18-17(19,20)12-6-2-1-4-10(12)11-5-3-7-13(11)21-14(22)16(8-9-16)15(23)24/h1-2,4,6,11,13H,3,5,7-9H2,(H,21,22)(H,23,24). The van der Waals surface area contributed by atoms with Gasteiger partial charge in [-0.25, -0.2) is 0 Å². The highest BCUT2D eigenvalue weighted by atomic mass is 19.4. The van der Waals surface area contributed by atoms with Crippen molar-refractivity contribution in [2.45, 2.75) is 50.2 Å². The third-order valence-corrected chi connectivity index (χ3v) is 5.09. The van der Waals surface area contributed by atoms with Gasteiger partial charge in [-0.2, -0.15) is 13.2 Å². The molecule has 0 aliphatic heterocycles. The Balaban J connectivity index is 1.82. The van der Waals surface area contributed by atoms with Crippen molar-refractivity contribution in [3.05, 3.63) is 35.4 Å².